The number of hydrogen-bond acceptors (Lipinski definition) is 5. The highest BCUT2D eigenvalue weighted by Crippen LogP contribution is 2.40. The monoisotopic (exact) mass is 607 g/mol. The van der Waals surface area contributed by atoms with Crippen molar-refractivity contribution in [3.63, 3.8) is 0 Å². The van der Waals surface area contributed by atoms with E-state index in [1.807, 2.05) is 0 Å². The number of halogens is 8. The summed E-state index contributed by atoms with van der Waals surface area (Å²) < 4.78 is 126. The van der Waals surface area contributed by atoms with Gasteiger partial charge >= 0.3 is 12.4 Å². The fourth-order valence-electron chi connectivity index (χ4n) is 3.60. The van der Waals surface area contributed by atoms with Gasteiger partial charge in [0.1, 0.15) is 18.1 Å². The third kappa shape index (κ3) is 6.55. The van der Waals surface area contributed by atoms with Crippen LogP contribution in [0.5, 0.6) is 0 Å². The topological polar surface area (TPSA) is 72.9 Å². The van der Waals surface area contributed by atoms with Gasteiger partial charge in [0.05, 0.1) is 35.0 Å². The smallest absolute Gasteiger partial charge is 0.348 e. The first-order valence-electron chi connectivity index (χ1n) is 9.94. The van der Waals surface area contributed by atoms with Crippen LogP contribution in [0.2, 0.25) is 0 Å². The highest BCUT2D eigenvalue weighted by Gasteiger charge is 2.44. The first-order valence-corrected chi connectivity index (χ1v) is 12.5. The van der Waals surface area contributed by atoms with E-state index in [1.165, 1.54) is 12.1 Å². The number of benzene rings is 2. The highest BCUT2D eigenvalue weighted by molar-refractivity contribution is 9.10. The van der Waals surface area contributed by atoms with Crippen LogP contribution >= 0.6 is 15.9 Å². The van der Waals surface area contributed by atoms with E-state index < -0.39 is 76.4 Å². The van der Waals surface area contributed by atoms with E-state index in [0.29, 0.717) is 12.1 Å². The maximum absolute atomic E-state index is 13.8. The molecule has 1 saturated heterocycles. The molecule has 0 bridgehead atoms. The summed E-state index contributed by atoms with van der Waals surface area (Å²) in [6, 6.07) is 4.17. The van der Waals surface area contributed by atoms with E-state index in [0.717, 1.165) is 17.2 Å². The Morgan fingerprint density at radius 3 is 2.17 bits per heavy atom. The minimum absolute atomic E-state index is 0.00415. The van der Waals surface area contributed by atoms with Crippen LogP contribution in [0, 0.1) is 5.82 Å². The predicted octanol–water partition coefficient (Wildman–Crippen LogP) is 5.32. The van der Waals surface area contributed by atoms with Crippen LogP contribution in [-0.4, -0.2) is 45.4 Å². The van der Waals surface area contributed by atoms with Crippen molar-refractivity contribution in [3.8, 4) is 0 Å². The second-order valence-corrected chi connectivity index (χ2v) is 10.5. The summed E-state index contributed by atoms with van der Waals surface area (Å²) in [4.78, 5) is 13.9. The average molecular weight is 608 g/mol. The molecule has 3 rings (SSSR count). The fourth-order valence-corrected chi connectivity index (χ4v) is 4.36. The van der Waals surface area contributed by atoms with Crippen LogP contribution in [0.1, 0.15) is 33.5 Å². The van der Waals surface area contributed by atoms with Crippen molar-refractivity contribution in [3.05, 3.63) is 68.9 Å². The number of nitrogens with zero attached hydrogens (tertiary/aromatic N) is 1. The summed E-state index contributed by atoms with van der Waals surface area (Å²) in [5.41, 5.74) is -5.41. The molecular weight excluding hydrogens is 591 g/mol. The van der Waals surface area contributed by atoms with Crippen molar-refractivity contribution in [2.24, 2.45) is 0 Å². The lowest BCUT2D eigenvalue weighted by molar-refractivity contribution is -0.143. The van der Waals surface area contributed by atoms with Crippen molar-refractivity contribution in [1.29, 1.82) is 0 Å². The summed E-state index contributed by atoms with van der Waals surface area (Å²) in [5.74, 6) is -1.82. The van der Waals surface area contributed by atoms with Gasteiger partial charge in [0.25, 0.3) is 16.0 Å². The molecule has 0 saturated carbocycles. The molecule has 0 radical (unpaired) electrons. The van der Waals surface area contributed by atoms with Gasteiger partial charge in [-0.25, -0.2) is 4.39 Å². The van der Waals surface area contributed by atoms with Gasteiger partial charge in [0.15, 0.2) is 0 Å². The van der Waals surface area contributed by atoms with Crippen LogP contribution in [0.25, 0.3) is 0 Å². The molecule has 1 amide bonds. The Kier molecular flexibility index (Phi) is 7.80. The van der Waals surface area contributed by atoms with Crippen molar-refractivity contribution >= 4 is 32.0 Å². The Bertz CT molecular complexity index is 1230. The average Bonchev–Trinajstić information content (AvgIpc) is 3.18. The Morgan fingerprint density at radius 2 is 1.67 bits per heavy atom. The maximum Gasteiger partial charge on any atom is 0.416 e. The lowest BCUT2D eigenvalue weighted by atomic mass is 9.90. The molecular formula is C21H17BrF7NO5S. The molecule has 2 aromatic carbocycles. The van der Waals surface area contributed by atoms with E-state index in [4.69, 9.17) is 8.92 Å². The molecule has 0 N–H and O–H groups in total. The molecule has 15 heteroatoms. The summed E-state index contributed by atoms with van der Waals surface area (Å²) >= 11 is 3.00. The molecule has 1 fully saturated rings. The third-order valence-electron chi connectivity index (χ3n) is 5.31. The minimum Gasteiger partial charge on any atom is -0.348 e. The van der Waals surface area contributed by atoms with Crippen LogP contribution < -0.4 is 0 Å². The van der Waals surface area contributed by atoms with Gasteiger partial charge in [0, 0.05) is 12.0 Å². The molecule has 0 spiro atoms. The number of amides is 1. The van der Waals surface area contributed by atoms with Gasteiger partial charge in [-0.15, -0.1) is 0 Å². The van der Waals surface area contributed by atoms with Crippen LogP contribution in [-0.2, 0) is 37.0 Å². The van der Waals surface area contributed by atoms with Gasteiger partial charge in [0.2, 0.25) is 0 Å². The van der Waals surface area contributed by atoms with E-state index in [9.17, 15) is 43.9 Å². The zero-order valence-corrected chi connectivity index (χ0v) is 20.6. The van der Waals surface area contributed by atoms with Crippen LogP contribution in [0.15, 0.2) is 40.9 Å². The molecule has 1 heterocycles. The van der Waals surface area contributed by atoms with Crippen molar-refractivity contribution < 1.29 is 52.9 Å². The van der Waals surface area contributed by atoms with E-state index in [1.54, 1.807) is 0 Å². The van der Waals surface area contributed by atoms with E-state index in [2.05, 4.69) is 15.9 Å². The van der Waals surface area contributed by atoms with E-state index in [-0.39, 0.29) is 22.5 Å². The van der Waals surface area contributed by atoms with Crippen molar-refractivity contribution in [2.75, 3.05) is 26.1 Å². The summed E-state index contributed by atoms with van der Waals surface area (Å²) in [5, 5.41) is 0. The van der Waals surface area contributed by atoms with Gasteiger partial charge in [-0.2, -0.15) is 34.8 Å². The molecule has 0 aromatic heterocycles. The lowest BCUT2D eigenvalue weighted by Crippen LogP contribution is -2.36. The number of carbonyl (C=O) groups excluding carboxylic acids is 1. The second-order valence-electron chi connectivity index (χ2n) is 7.97. The van der Waals surface area contributed by atoms with Crippen molar-refractivity contribution in [1.82, 2.24) is 4.90 Å². The van der Waals surface area contributed by atoms with Crippen LogP contribution in [0.4, 0.5) is 30.7 Å². The number of carbonyl (C=O) groups is 1. The largest absolute Gasteiger partial charge is 0.416 e. The first-order chi connectivity index (χ1) is 16.4. The molecule has 2 aromatic rings. The molecule has 0 aliphatic carbocycles. The predicted molar refractivity (Wildman–Crippen MR) is 115 cm³/mol. The minimum atomic E-state index is -5.15. The fraction of sp³-hybridized carbons (Fsp3) is 0.381. The third-order valence-corrected chi connectivity index (χ3v) is 6.52. The molecule has 6 nitrogen and oxygen atoms in total. The summed E-state index contributed by atoms with van der Waals surface area (Å²) in [6.45, 7) is -1.38. The molecule has 36 heavy (non-hydrogen) atoms. The quantitative estimate of drug-likeness (QED) is 0.328. The molecule has 198 valence electrons. The standard InChI is InChI=1S/C21H17BrF7NO5S/c1-36(32,33)35-5-4-19(13-2-3-17(23)16(22)9-13)10-30(11-34-19)18(31)12-6-14(20(24,25)26)8-15(7-12)21(27,28)29/h2-3,6-9H,4-5,10-11H2,1H3/t19-/m0/s1. The number of ether oxygens (including phenoxy) is 1. The maximum atomic E-state index is 13.8. The number of alkyl halides is 6. The van der Waals surface area contributed by atoms with Crippen LogP contribution in [0.3, 0.4) is 0 Å². The highest BCUT2D eigenvalue weighted by atomic mass is 79.9. The Balaban J connectivity index is 1.97. The Morgan fingerprint density at radius 1 is 1.08 bits per heavy atom. The molecule has 0 unspecified atom stereocenters. The van der Waals surface area contributed by atoms with Gasteiger partial charge in [-0.05, 0) is 51.8 Å². The lowest BCUT2D eigenvalue weighted by Gasteiger charge is -2.28. The van der Waals surface area contributed by atoms with Crippen molar-refractivity contribution in [2.45, 2.75) is 24.4 Å². The second kappa shape index (κ2) is 9.91. The van der Waals surface area contributed by atoms with Gasteiger partial charge in [-0.3, -0.25) is 8.98 Å². The molecule has 1 aliphatic rings. The number of rotatable bonds is 6. The van der Waals surface area contributed by atoms with E-state index >= 15 is 0 Å². The Labute approximate surface area is 209 Å². The zero-order valence-electron chi connectivity index (χ0n) is 18.2. The Hall–Kier alpha value is -2.23. The molecule has 1 atom stereocenters. The first kappa shape index (κ1) is 28.3. The zero-order chi connectivity index (χ0) is 27.1. The summed E-state index contributed by atoms with van der Waals surface area (Å²) in [6.07, 6.45) is -9.69. The number of hydrogen-bond donors (Lipinski definition) is 0. The SMILES string of the molecule is CS(=O)(=O)OCC[C@@]1(c2ccc(F)c(Br)c2)CN(C(=O)c2cc(C(F)(F)F)cc(C(F)(F)F)c2)CO1. The normalized spacial score (nSPS) is 19.1. The van der Waals surface area contributed by atoms with Gasteiger partial charge in [-0.1, -0.05) is 6.07 Å². The molecule has 1 aliphatic heterocycles. The summed E-state index contributed by atoms with van der Waals surface area (Å²) in [7, 11) is -3.87. The van der Waals surface area contributed by atoms with Gasteiger partial charge < -0.3 is 9.64 Å².